The number of benzene rings is 2. The first kappa shape index (κ1) is 19.9. The summed E-state index contributed by atoms with van der Waals surface area (Å²) in [4.78, 5) is 32.5. The van der Waals surface area contributed by atoms with Crippen LogP contribution in [0.25, 0.3) is 10.2 Å². The summed E-state index contributed by atoms with van der Waals surface area (Å²) in [7, 11) is 0. The van der Waals surface area contributed by atoms with E-state index in [-0.39, 0.29) is 10.7 Å². The molecule has 1 amide bonds. The van der Waals surface area contributed by atoms with Crippen molar-refractivity contribution < 1.29 is 19.1 Å². The molecule has 0 bridgehead atoms. The Bertz CT molecular complexity index is 1360. The lowest BCUT2D eigenvalue weighted by atomic mass is 9.95. The summed E-state index contributed by atoms with van der Waals surface area (Å²) in [5, 5.41) is 13.2. The maximum atomic E-state index is 13.7. The van der Waals surface area contributed by atoms with Crippen molar-refractivity contribution in [3.8, 4) is 0 Å². The highest BCUT2D eigenvalue weighted by Crippen LogP contribution is 2.44. The number of hydrogen-bond acceptors (Lipinski definition) is 6. The molecular weight excluding hydrogens is 459 g/mol. The highest BCUT2D eigenvalue weighted by Gasteiger charge is 2.46. The Labute approximate surface area is 188 Å². The van der Waals surface area contributed by atoms with Gasteiger partial charge in [-0.15, -0.1) is 11.3 Å². The molecule has 0 aliphatic carbocycles. The van der Waals surface area contributed by atoms with Crippen LogP contribution in [0.3, 0.4) is 0 Å². The number of nitrogens with zero attached hydrogens (tertiary/aromatic N) is 2. The van der Waals surface area contributed by atoms with E-state index in [4.69, 9.17) is 11.6 Å². The van der Waals surface area contributed by atoms with Crippen molar-refractivity contribution in [2.75, 3.05) is 4.90 Å². The third-order valence-corrected chi connectivity index (χ3v) is 7.07. The fourth-order valence-electron chi connectivity index (χ4n) is 3.52. The lowest BCUT2D eigenvalue weighted by Gasteiger charge is -2.24. The number of Topliss-reactive ketones (excluding diaryl/α,β-unsaturated/α-hetero) is 1. The number of thiophene rings is 1. The van der Waals surface area contributed by atoms with Gasteiger partial charge in [0.1, 0.15) is 5.82 Å². The van der Waals surface area contributed by atoms with Gasteiger partial charge < -0.3 is 5.11 Å². The van der Waals surface area contributed by atoms with Gasteiger partial charge >= 0.3 is 0 Å². The molecule has 0 radical (unpaired) electrons. The second kappa shape index (κ2) is 7.56. The summed E-state index contributed by atoms with van der Waals surface area (Å²) in [6, 6.07) is 13.3. The topological polar surface area (TPSA) is 70.5 Å². The number of aromatic nitrogens is 1. The van der Waals surface area contributed by atoms with E-state index in [0.717, 1.165) is 11.3 Å². The Morgan fingerprint density at radius 1 is 1.16 bits per heavy atom. The van der Waals surface area contributed by atoms with E-state index in [9.17, 15) is 19.1 Å². The van der Waals surface area contributed by atoms with E-state index in [1.807, 2.05) is 0 Å². The highest BCUT2D eigenvalue weighted by molar-refractivity contribution is 7.22. The van der Waals surface area contributed by atoms with Crippen LogP contribution in [0.15, 0.2) is 71.3 Å². The normalized spacial score (nSPS) is 16.5. The fraction of sp³-hybridized carbons (Fsp3) is 0.0455. The molecule has 154 valence electrons. The van der Waals surface area contributed by atoms with Crippen LogP contribution in [-0.4, -0.2) is 21.8 Å². The smallest absolute Gasteiger partial charge is 0.296 e. The van der Waals surface area contributed by atoms with Crippen LogP contribution >= 0.6 is 34.3 Å². The number of carbonyl (C=O) groups excluding carboxylic acids is 2. The molecule has 4 aromatic rings. The van der Waals surface area contributed by atoms with Gasteiger partial charge in [0.2, 0.25) is 5.78 Å². The minimum atomic E-state index is -0.898. The van der Waals surface area contributed by atoms with Gasteiger partial charge in [0.05, 0.1) is 26.7 Å². The van der Waals surface area contributed by atoms with Gasteiger partial charge in [0.15, 0.2) is 10.9 Å². The minimum Gasteiger partial charge on any atom is -0.503 e. The summed E-state index contributed by atoms with van der Waals surface area (Å²) in [5.41, 5.74) is 1.08. The van der Waals surface area contributed by atoms with E-state index in [0.29, 0.717) is 25.7 Å². The molecule has 1 atom stereocenters. The first-order chi connectivity index (χ1) is 14.9. The van der Waals surface area contributed by atoms with Gasteiger partial charge in [0, 0.05) is 5.02 Å². The number of carbonyl (C=O) groups is 2. The van der Waals surface area contributed by atoms with E-state index < -0.39 is 29.3 Å². The van der Waals surface area contributed by atoms with Crippen molar-refractivity contribution in [3.05, 3.63) is 92.6 Å². The molecule has 31 heavy (non-hydrogen) atoms. The number of amides is 1. The summed E-state index contributed by atoms with van der Waals surface area (Å²) in [6.07, 6.45) is 0. The third kappa shape index (κ3) is 3.33. The average Bonchev–Trinajstić information content (AvgIpc) is 3.47. The Morgan fingerprint density at radius 3 is 2.65 bits per heavy atom. The van der Waals surface area contributed by atoms with E-state index in [1.165, 1.54) is 34.4 Å². The largest absolute Gasteiger partial charge is 0.503 e. The van der Waals surface area contributed by atoms with Gasteiger partial charge in [-0.3, -0.25) is 14.5 Å². The molecule has 5 nitrogen and oxygen atoms in total. The second-order valence-electron chi connectivity index (χ2n) is 6.81. The number of halogens is 2. The molecule has 0 saturated heterocycles. The molecule has 3 heterocycles. The zero-order valence-corrected chi connectivity index (χ0v) is 18.0. The van der Waals surface area contributed by atoms with Crippen molar-refractivity contribution in [2.45, 2.75) is 6.04 Å². The average molecular weight is 471 g/mol. The third-order valence-electron chi connectivity index (χ3n) is 4.93. The van der Waals surface area contributed by atoms with Crippen molar-refractivity contribution in [1.29, 1.82) is 0 Å². The second-order valence-corrected chi connectivity index (χ2v) is 9.20. The molecule has 0 fully saturated rings. The van der Waals surface area contributed by atoms with Crippen LogP contribution in [0, 0.1) is 5.82 Å². The maximum Gasteiger partial charge on any atom is 0.296 e. The Morgan fingerprint density at radius 2 is 1.94 bits per heavy atom. The predicted octanol–water partition coefficient (Wildman–Crippen LogP) is 5.93. The van der Waals surface area contributed by atoms with Crippen LogP contribution in [0.5, 0.6) is 0 Å². The summed E-state index contributed by atoms with van der Waals surface area (Å²) in [6.45, 7) is 0. The molecule has 1 unspecified atom stereocenters. The van der Waals surface area contributed by atoms with Crippen LogP contribution in [0.1, 0.15) is 21.3 Å². The molecule has 1 aliphatic rings. The van der Waals surface area contributed by atoms with Gasteiger partial charge in [-0.05, 0) is 47.3 Å². The standard InChI is InChI=1S/C22H12ClFN2O3S2/c23-12-5-3-11(4-6-12)18-17(19(27)15-2-1-9-30-15)20(28)21(29)26(18)22-25-14-8-7-13(24)10-16(14)31-22/h1-10,18,28H. The van der Waals surface area contributed by atoms with Crippen molar-refractivity contribution in [3.63, 3.8) is 0 Å². The van der Waals surface area contributed by atoms with Crippen LogP contribution < -0.4 is 4.90 Å². The first-order valence-corrected chi connectivity index (χ1v) is 11.2. The van der Waals surface area contributed by atoms with Crippen LogP contribution in [0.4, 0.5) is 9.52 Å². The zero-order valence-electron chi connectivity index (χ0n) is 15.6. The SMILES string of the molecule is O=C(C1=C(O)C(=O)N(c2nc3ccc(F)cc3s2)C1c1ccc(Cl)cc1)c1cccs1. The van der Waals surface area contributed by atoms with E-state index in [1.54, 1.807) is 41.8 Å². The lowest BCUT2D eigenvalue weighted by molar-refractivity contribution is -0.117. The quantitative estimate of drug-likeness (QED) is 0.375. The molecule has 9 heteroatoms. The van der Waals surface area contributed by atoms with E-state index >= 15 is 0 Å². The number of hydrogen-bond donors (Lipinski definition) is 1. The van der Waals surface area contributed by atoms with E-state index in [2.05, 4.69) is 4.98 Å². The Kier molecular flexibility index (Phi) is 4.85. The zero-order chi connectivity index (χ0) is 21.7. The number of rotatable bonds is 4. The van der Waals surface area contributed by atoms with Gasteiger partial charge in [-0.25, -0.2) is 9.37 Å². The molecule has 2 aromatic carbocycles. The minimum absolute atomic E-state index is 0.0276. The number of ketones is 1. The van der Waals surface area contributed by atoms with Crippen molar-refractivity contribution >= 4 is 61.3 Å². The van der Waals surface area contributed by atoms with Crippen LogP contribution in [0.2, 0.25) is 5.02 Å². The number of thiazole rings is 1. The number of aliphatic hydroxyl groups excluding tert-OH is 1. The van der Waals surface area contributed by atoms with Crippen molar-refractivity contribution in [1.82, 2.24) is 4.98 Å². The number of anilines is 1. The predicted molar refractivity (Wildman–Crippen MR) is 120 cm³/mol. The van der Waals surface area contributed by atoms with Gasteiger partial charge in [-0.2, -0.15) is 0 Å². The Balaban J connectivity index is 1.68. The van der Waals surface area contributed by atoms with Gasteiger partial charge in [0.25, 0.3) is 5.91 Å². The lowest BCUT2D eigenvalue weighted by Crippen LogP contribution is -2.30. The molecule has 0 saturated carbocycles. The summed E-state index contributed by atoms with van der Waals surface area (Å²) in [5.74, 6) is -2.21. The molecule has 1 aliphatic heterocycles. The van der Waals surface area contributed by atoms with Crippen molar-refractivity contribution in [2.24, 2.45) is 0 Å². The number of fused-ring (bicyclic) bond motifs is 1. The highest BCUT2D eigenvalue weighted by atomic mass is 35.5. The van der Waals surface area contributed by atoms with Gasteiger partial charge in [-0.1, -0.05) is 41.1 Å². The molecular formula is C22H12ClFN2O3S2. The molecule has 2 aromatic heterocycles. The monoisotopic (exact) mass is 470 g/mol. The Hall–Kier alpha value is -3.07. The van der Waals surface area contributed by atoms with Crippen LogP contribution in [-0.2, 0) is 4.79 Å². The summed E-state index contributed by atoms with van der Waals surface area (Å²) >= 11 is 8.36. The fourth-order valence-corrected chi connectivity index (χ4v) is 5.35. The molecule has 1 N–H and O–H groups in total. The molecule has 0 spiro atoms. The number of aliphatic hydroxyl groups is 1. The maximum absolute atomic E-state index is 13.7. The molecule has 5 rings (SSSR count). The summed E-state index contributed by atoms with van der Waals surface area (Å²) < 4.78 is 14.2. The first-order valence-electron chi connectivity index (χ1n) is 9.10.